The highest BCUT2D eigenvalue weighted by Crippen LogP contribution is 2.52. The molecule has 3 aromatic rings. The zero-order chi connectivity index (χ0) is 24.7. The molecule has 0 amide bonds. The summed E-state index contributed by atoms with van der Waals surface area (Å²) >= 11 is 6.69. The van der Waals surface area contributed by atoms with Crippen molar-refractivity contribution in [3.63, 3.8) is 0 Å². The lowest BCUT2D eigenvalue weighted by molar-refractivity contribution is -0.118. The summed E-state index contributed by atoms with van der Waals surface area (Å²) in [5.74, 6) is -0.500. The van der Waals surface area contributed by atoms with Crippen LogP contribution >= 0.6 is 11.6 Å². The van der Waals surface area contributed by atoms with Gasteiger partial charge in [0.15, 0.2) is 5.78 Å². The number of amidine groups is 1. The van der Waals surface area contributed by atoms with Gasteiger partial charge in [0.05, 0.1) is 0 Å². The SMILES string of the molecule is CC1(C)CC(=O)C2=C(C1)N(c1ccccc1)C(=N)C(=C(O)c1ccccc1)C2c1ccccc1Cl. The van der Waals surface area contributed by atoms with Crippen LogP contribution in [0.15, 0.2) is 102 Å². The van der Waals surface area contributed by atoms with Crippen molar-refractivity contribution in [1.82, 2.24) is 0 Å². The summed E-state index contributed by atoms with van der Waals surface area (Å²) < 4.78 is 0. The lowest BCUT2D eigenvalue weighted by atomic mass is 9.67. The van der Waals surface area contributed by atoms with Crippen LogP contribution in [-0.2, 0) is 4.79 Å². The quantitative estimate of drug-likeness (QED) is 0.379. The number of Topliss-reactive ketones (excluding diaryl/α,β-unsaturated/α-hetero) is 1. The predicted octanol–water partition coefficient (Wildman–Crippen LogP) is 7.53. The van der Waals surface area contributed by atoms with Gasteiger partial charge in [0.1, 0.15) is 11.6 Å². The van der Waals surface area contributed by atoms with Crippen molar-refractivity contribution >= 4 is 34.7 Å². The van der Waals surface area contributed by atoms with E-state index in [0.29, 0.717) is 40.1 Å². The minimum Gasteiger partial charge on any atom is -0.507 e. The van der Waals surface area contributed by atoms with Gasteiger partial charge in [0.2, 0.25) is 0 Å². The maximum atomic E-state index is 13.8. The normalized spacial score (nSPS) is 21.1. The minimum absolute atomic E-state index is 0.0213. The van der Waals surface area contributed by atoms with Crippen LogP contribution in [0.1, 0.15) is 43.7 Å². The first-order valence-electron chi connectivity index (χ1n) is 11.7. The molecule has 0 bridgehead atoms. The van der Waals surface area contributed by atoms with E-state index in [1.807, 2.05) is 83.8 Å². The number of nitrogens with one attached hydrogen (secondary N) is 1. The predicted molar refractivity (Wildman–Crippen MR) is 142 cm³/mol. The number of carbonyl (C=O) groups is 1. The molecule has 1 aliphatic heterocycles. The van der Waals surface area contributed by atoms with Crippen molar-refractivity contribution in [2.24, 2.45) is 5.41 Å². The second-order valence-electron chi connectivity index (χ2n) is 9.90. The van der Waals surface area contributed by atoms with Crippen molar-refractivity contribution in [2.45, 2.75) is 32.6 Å². The Bertz CT molecular complexity index is 1370. The molecule has 35 heavy (non-hydrogen) atoms. The molecule has 2 N–H and O–H groups in total. The first-order chi connectivity index (χ1) is 16.8. The van der Waals surface area contributed by atoms with Crippen molar-refractivity contribution in [3.8, 4) is 0 Å². The van der Waals surface area contributed by atoms with E-state index in [1.165, 1.54) is 0 Å². The number of halogens is 1. The molecule has 0 spiro atoms. The number of anilines is 1. The first-order valence-corrected chi connectivity index (χ1v) is 12.1. The largest absolute Gasteiger partial charge is 0.507 e. The van der Waals surface area contributed by atoms with Gasteiger partial charge in [0.25, 0.3) is 0 Å². The van der Waals surface area contributed by atoms with Crippen molar-refractivity contribution < 1.29 is 9.90 Å². The number of hydrogen-bond acceptors (Lipinski definition) is 3. The molecule has 4 nitrogen and oxygen atoms in total. The van der Waals surface area contributed by atoms with Gasteiger partial charge in [0, 0.05) is 45.5 Å². The van der Waals surface area contributed by atoms with Crippen LogP contribution in [0.5, 0.6) is 0 Å². The van der Waals surface area contributed by atoms with Crippen LogP contribution < -0.4 is 4.90 Å². The molecule has 0 saturated carbocycles. The zero-order valence-corrected chi connectivity index (χ0v) is 20.5. The van der Waals surface area contributed by atoms with E-state index in [9.17, 15) is 15.3 Å². The Kier molecular flexibility index (Phi) is 5.86. The topological polar surface area (TPSA) is 64.4 Å². The number of ketones is 1. The third-order valence-electron chi connectivity index (χ3n) is 6.76. The lowest BCUT2D eigenvalue weighted by Gasteiger charge is -2.45. The first kappa shape index (κ1) is 23.1. The molecule has 3 aromatic carbocycles. The molecule has 1 unspecified atom stereocenters. The van der Waals surface area contributed by atoms with Gasteiger partial charge in [-0.1, -0.05) is 92.2 Å². The highest BCUT2D eigenvalue weighted by molar-refractivity contribution is 6.32. The Labute approximate surface area is 210 Å². The number of carbonyl (C=O) groups excluding carboxylic acids is 1. The third kappa shape index (κ3) is 4.08. The number of aliphatic hydroxyl groups is 1. The van der Waals surface area contributed by atoms with Gasteiger partial charge >= 0.3 is 0 Å². The van der Waals surface area contributed by atoms with Gasteiger partial charge < -0.3 is 5.11 Å². The van der Waals surface area contributed by atoms with Crippen molar-refractivity contribution in [1.29, 1.82) is 5.41 Å². The number of hydrogen-bond donors (Lipinski definition) is 2. The van der Waals surface area contributed by atoms with Crippen molar-refractivity contribution in [3.05, 3.63) is 118 Å². The molecule has 5 heteroatoms. The van der Waals surface area contributed by atoms with Crippen LogP contribution in [0, 0.1) is 10.8 Å². The fourth-order valence-corrected chi connectivity index (χ4v) is 5.49. The molecule has 176 valence electrons. The average Bonchev–Trinajstić information content (AvgIpc) is 2.84. The van der Waals surface area contributed by atoms with Crippen molar-refractivity contribution in [2.75, 3.05) is 4.90 Å². The lowest BCUT2D eigenvalue weighted by Crippen LogP contribution is -2.45. The molecule has 0 fully saturated rings. The second kappa shape index (κ2) is 8.86. The van der Waals surface area contributed by atoms with Crippen LogP contribution in [0.2, 0.25) is 5.02 Å². The number of para-hydroxylation sites is 1. The molecule has 5 rings (SSSR count). The van der Waals surface area contributed by atoms with Crippen LogP contribution in [-0.4, -0.2) is 16.7 Å². The van der Waals surface area contributed by atoms with Crippen LogP contribution in [0.3, 0.4) is 0 Å². The molecular formula is C30H27ClN2O2. The maximum absolute atomic E-state index is 13.8. The maximum Gasteiger partial charge on any atom is 0.162 e. The highest BCUT2D eigenvalue weighted by atomic mass is 35.5. The van der Waals surface area contributed by atoms with E-state index < -0.39 is 5.92 Å². The van der Waals surface area contributed by atoms with E-state index in [0.717, 1.165) is 11.4 Å². The number of benzene rings is 3. The molecule has 1 aliphatic carbocycles. The van der Waals surface area contributed by atoms with Gasteiger partial charge in [-0.25, -0.2) is 0 Å². The minimum atomic E-state index is -0.644. The Hall–Kier alpha value is -3.63. The van der Waals surface area contributed by atoms with Gasteiger partial charge in [-0.05, 0) is 35.6 Å². The van der Waals surface area contributed by atoms with E-state index in [-0.39, 0.29) is 22.8 Å². The standard InChI is InChI=1S/C30H27ClN2O2/c1-30(2)17-23-26(24(34)18-30)25(21-15-9-10-16-22(21)31)27(28(35)19-11-5-3-6-12-19)29(32)33(23)20-13-7-4-8-14-20/h3-16,25,32,35H,17-18H2,1-2H3. The van der Waals surface area contributed by atoms with Crippen LogP contribution in [0.25, 0.3) is 5.76 Å². The molecule has 1 heterocycles. The molecule has 0 aromatic heterocycles. The van der Waals surface area contributed by atoms with E-state index in [4.69, 9.17) is 11.6 Å². The second-order valence-corrected chi connectivity index (χ2v) is 10.3. The third-order valence-corrected chi connectivity index (χ3v) is 7.10. The van der Waals surface area contributed by atoms with Gasteiger partial charge in [-0.15, -0.1) is 0 Å². The summed E-state index contributed by atoms with van der Waals surface area (Å²) in [5.41, 5.74) is 3.62. The number of allylic oxidation sites excluding steroid dienone is 2. The molecular weight excluding hydrogens is 456 g/mol. The molecule has 0 radical (unpaired) electrons. The molecule has 1 atom stereocenters. The Morgan fingerprint density at radius 3 is 2.20 bits per heavy atom. The van der Waals surface area contributed by atoms with E-state index >= 15 is 0 Å². The number of rotatable bonds is 3. The monoisotopic (exact) mass is 482 g/mol. The summed E-state index contributed by atoms with van der Waals surface area (Å²) in [4.78, 5) is 15.7. The summed E-state index contributed by atoms with van der Waals surface area (Å²) in [5, 5.41) is 21.5. The number of nitrogens with zero attached hydrogens (tertiary/aromatic N) is 1. The average molecular weight is 483 g/mol. The van der Waals surface area contributed by atoms with Crippen LogP contribution in [0.4, 0.5) is 5.69 Å². The van der Waals surface area contributed by atoms with E-state index in [2.05, 4.69) is 13.8 Å². The Morgan fingerprint density at radius 1 is 0.943 bits per heavy atom. The summed E-state index contributed by atoms with van der Waals surface area (Å²) in [6, 6.07) is 26.2. The molecule has 0 saturated heterocycles. The zero-order valence-electron chi connectivity index (χ0n) is 19.8. The Balaban J connectivity index is 1.87. The van der Waals surface area contributed by atoms with Gasteiger partial charge in [-0.2, -0.15) is 0 Å². The summed E-state index contributed by atoms with van der Waals surface area (Å²) in [6.45, 7) is 4.16. The summed E-state index contributed by atoms with van der Waals surface area (Å²) in [7, 11) is 0. The fraction of sp³-hybridized carbons (Fsp3) is 0.200. The highest BCUT2D eigenvalue weighted by Gasteiger charge is 2.47. The van der Waals surface area contributed by atoms with Gasteiger partial charge in [-0.3, -0.25) is 15.1 Å². The van der Waals surface area contributed by atoms with E-state index in [1.54, 1.807) is 6.07 Å². The molecule has 2 aliphatic rings. The Morgan fingerprint density at radius 2 is 1.54 bits per heavy atom. The number of aliphatic hydroxyl groups excluding tert-OH is 1. The summed E-state index contributed by atoms with van der Waals surface area (Å²) in [6.07, 6.45) is 1.02. The fourth-order valence-electron chi connectivity index (χ4n) is 5.25. The smallest absolute Gasteiger partial charge is 0.162 e.